The zero-order chi connectivity index (χ0) is 24.6. The molecule has 0 aliphatic carbocycles. The van der Waals surface area contributed by atoms with Crippen molar-refractivity contribution >= 4 is 23.3 Å². The third-order valence-electron chi connectivity index (χ3n) is 4.92. The molecule has 1 aliphatic rings. The number of anilines is 1. The van der Waals surface area contributed by atoms with Crippen LogP contribution in [0, 0.1) is 11.6 Å². The van der Waals surface area contributed by atoms with Gasteiger partial charge in [-0.2, -0.15) is 0 Å². The maximum absolute atomic E-state index is 14.1. The minimum absolute atomic E-state index is 0.0521. The van der Waals surface area contributed by atoms with Crippen molar-refractivity contribution < 1.29 is 36.6 Å². The van der Waals surface area contributed by atoms with Crippen LogP contribution in [0.2, 0.25) is 0 Å². The Labute approximate surface area is 187 Å². The van der Waals surface area contributed by atoms with Crippen molar-refractivity contribution in [2.24, 2.45) is 4.99 Å². The number of aromatic carboxylic acids is 1. The lowest BCUT2D eigenvalue weighted by atomic mass is 10.0. The standard InChI is InChI=1S/C22H13F5N4O3/c23-14-4-1-11(2-5-14)18-19(31(10-29-18)22(25,26)27)17-8-13(9-28-17)20(32)30-16-6-3-12(21(33)34)7-15(16)24/h1-7,9-10H,8H2,(H,30,32)(H,33,34). The predicted molar refractivity (Wildman–Crippen MR) is 110 cm³/mol. The van der Waals surface area contributed by atoms with E-state index in [1.165, 1.54) is 12.1 Å². The fraction of sp³-hybridized carbons (Fsp3) is 0.0909. The fourth-order valence-electron chi connectivity index (χ4n) is 3.30. The maximum atomic E-state index is 14.1. The molecule has 174 valence electrons. The summed E-state index contributed by atoms with van der Waals surface area (Å²) in [5.41, 5.74) is -1.14. The van der Waals surface area contributed by atoms with E-state index in [0.717, 1.165) is 36.5 Å². The summed E-state index contributed by atoms with van der Waals surface area (Å²) < 4.78 is 68.1. The first kappa shape index (κ1) is 22.8. The molecule has 1 aliphatic heterocycles. The SMILES string of the molecule is O=C(Nc1ccc(C(=O)O)cc1F)C1=CN=C(c2c(-c3ccc(F)cc3)ncn2C(F)(F)F)C1. The number of amides is 1. The van der Waals surface area contributed by atoms with Crippen LogP contribution in [-0.4, -0.2) is 32.2 Å². The largest absolute Gasteiger partial charge is 0.490 e. The average Bonchev–Trinajstić information content (AvgIpc) is 3.42. The predicted octanol–water partition coefficient (Wildman–Crippen LogP) is 4.72. The van der Waals surface area contributed by atoms with Gasteiger partial charge < -0.3 is 10.4 Å². The lowest BCUT2D eigenvalue weighted by molar-refractivity contribution is -0.204. The van der Waals surface area contributed by atoms with Gasteiger partial charge in [0.1, 0.15) is 18.0 Å². The van der Waals surface area contributed by atoms with Crippen LogP contribution < -0.4 is 5.32 Å². The van der Waals surface area contributed by atoms with Gasteiger partial charge in [-0.3, -0.25) is 9.79 Å². The molecule has 0 fully saturated rings. The van der Waals surface area contributed by atoms with E-state index in [-0.39, 0.29) is 44.8 Å². The highest BCUT2D eigenvalue weighted by Gasteiger charge is 2.37. The van der Waals surface area contributed by atoms with E-state index in [9.17, 15) is 31.5 Å². The quantitative estimate of drug-likeness (QED) is 0.521. The summed E-state index contributed by atoms with van der Waals surface area (Å²) in [5, 5.41) is 11.1. The zero-order valence-corrected chi connectivity index (χ0v) is 16.9. The number of aliphatic imine (C=N–C) groups is 1. The number of carboxylic acid groups (broad SMARTS) is 1. The number of carbonyl (C=O) groups excluding carboxylic acids is 1. The number of rotatable bonds is 5. The Bertz CT molecular complexity index is 1360. The normalized spacial score (nSPS) is 13.4. The highest BCUT2D eigenvalue weighted by Crippen LogP contribution is 2.33. The molecular weight excluding hydrogens is 463 g/mol. The number of hydrogen-bond donors (Lipinski definition) is 2. The van der Waals surface area contributed by atoms with E-state index in [4.69, 9.17) is 5.11 Å². The van der Waals surface area contributed by atoms with E-state index < -0.39 is 35.5 Å². The molecule has 2 heterocycles. The Morgan fingerprint density at radius 3 is 2.38 bits per heavy atom. The zero-order valence-electron chi connectivity index (χ0n) is 16.9. The number of imidazole rings is 1. The molecule has 0 spiro atoms. The molecule has 3 aromatic rings. The Kier molecular flexibility index (Phi) is 5.73. The van der Waals surface area contributed by atoms with Crippen LogP contribution in [-0.2, 0) is 11.1 Å². The number of aromatic nitrogens is 2. The van der Waals surface area contributed by atoms with E-state index in [1.807, 2.05) is 0 Å². The lowest BCUT2D eigenvalue weighted by Crippen LogP contribution is -2.22. The van der Waals surface area contributed by atoms with Gasteiger partial charge in [0, 0.05) is 23.8 Å². The number of benzene rings is 2. The minimum atomic E-state index is -4.84. The van der Waals surface area contributed by atoms with Crippen molar-refractivity contribution in [2.45, 2.75) is 12.7 Å². The van der Waals surface area contributed by atoms with Crippen molar-refractivity contribution in [2.75, 3.05) is 5.32 Å². The van der Waals surface area contributed by atoms with Crippen molar-refractivity contribution in [3.8, 4) is 11.3 Å². The number of carbonyl (C=O) groups is 2. The summed E-state index contributed by atoms with van der Waals surface area (Å²) >= 11 is 0. The molecule has 0 unspecified atom stereocenters. The molecule has 2 aromatic carbocycles. The number of nitrogens with one attached hydrogen (secondary N) is 1. The van der Waals surface area contributed by atoms with Crippen LogP contribution in [0.15, 0.2) is 65.6 Å². The smallest absolute Gasteiger partial charge is 0.478 e. The van der Waals surface area contributed by atoms with E-state index >= 15 is 0 Å². The Hall–Kier alpha value is -4.35. The van der Waals surface area contributed by atoms with Gasteiger partial charge in [-0.15, -0.1) is 13.2 Å². The molecular formula is C22H13F5N4O3. The summed E-state index contributed by atoms with van der Waals surface area (Å²) in [4.78, 5) is 31.2. The Balaban J connectivity index is 1.59. The molecule has 0 radical (unpaired) electrons. The first-order valence-electron chi connectivity index (χ1n) is 9.55. The number of hydrogen-bond acceptors (Lipinski definition) is 4. The molecule has 34 heavy (non-hydrogen) atoms. The van der Waals surface area contributed by atoms with Gasteiger partial charge in [0.25, 0.3) is 5.91 Å². The van der Waals surface area contributed by atoms with E-state index in [0.29, 0.717) is 6.33 Å². The monoisotopic (exact) mass is 476 g/mol. The number of alkyl halides is 3. The molecule has 0 bridgehead atoms. The summed E-state index contributed by atoms with van der Waals surface area (Å²) in [7, 11) is 0. The highest BCUT2D eigenvalue weighted by atomic mass is 19.4. The molecule has 0 atom stereocenters. The van der Waals surface area contributed by atoms with Gasteiger partial charge in [-0.25, -0.2) is 23.1 Å². The van der Waals surface area contributed by atoms with Gasteiger partial charge in [-0.1, -0.05) is 0 Å². The molecule has 1 amide bonds. The van der Waals surface area contributed by atoms with Gasteiger partial charge in [0.2, 0.25) is 0 Å². The summed E-state index contributed by atoms with van der Waals surface area (Å²) in [6.45, 7) is 0. The van der Waals surface area contributed by atoms with Crippen molar-refractivity contribution in [1.29, 1.82) is 0 Å². The Morgan fingerprint density at radius 1 is 1.06 bits per heavy atom. The Morgan fingerprint density at radius 2 is 1.76 bits per heavy atom. The summed E-state index contributed by atoms with van der Waals surface area (Å²) in [6.07, 6.45) is -3.55. The van der Waals surface area contributed by atoms with Crippen LogP contribution in [0.25, 0.3) is 11.3 Å². The molecule has 1 aromatic heterocycles. The van der Waals surface area contributed by atoms with Gasteiger partial charge >= 0.3 is 12.3 Å². The topological polar surface area (TPSA) is 96.6 Å². The summed E-state index contributed by atoms with van der Waals surface area (Å²) in [5.74, 6) is -3.77. The lowest BCUT2D eigenvalue weighted by Gasteiger charge is -2.13. The van der Waals surface area contributed by atoms with Crippen LogP contribution in [0.3, 0.4) is 0 Å². The van der Waals surface area contributed by atoms with Crippen molar-refractivity contribution in [1.82, 2.24) is 9.55 Å². The first-order valence-corrected chi connectivity index (χ1v) is 9.55. The van der Waals surface area contributed by atoms with E-state index in [1.54, 1.807) is 0 Å². The summed E-state index contributed by atoms with van der Waals surface area (Å²) in [6, 6.07) is 7.54. The molecule has 7 nitrogen and oxygen atoms in total. The van der Waals surface area contributed by atoms with Crippen LogP contribution in [0.1, 0.15) is 22.5 Å². The second-order valence-electron chi connectivity index (χ2n) is 7.15. The minimum Gasteiger partial charge on any atom is -0.478 e. The van der Waals surface area contributed by atoms with Gasteiger partial charge in [0.15, 0.2) is 0 Å². The second kappa shape index (κ2) is 8.54. The third-order valence-corrected chi connectivity index (χ3v) is 4.92. The van der Waals surface area contributed by atoms with Crippen LogP contribution in [0.4, 0.5) is 27.6 Å². The molecule has 12 heteroatoms. The second-order valence-corrected chi connectivity index (χ2v) is 7.15. The first-order chi connectivity index (χ1) is 16.0. The van der Waals surface area contributed by atoms with Crippen LogP contribution >= 0.6 is 0 Å². The number of nitrogens with zero attached hydrogens (tertiary/aromatic N) is 3. The molecule has 0 saturated heterocycles. The fourth-order valence-corrected chi connectivity index (χ4v) is 3.30. The average molecular weight is 476 g/mol. The van der Waals surface area contributed by atoms with Gasteiger partial charge in [0.05, 0.1) is 28.4 Å². The van der Waals surface area contributed by atoms with E-state index in [2.05, 4.69) is 15.3 Å². The van der Waals surface area contributed by atoms with Crippen LogP contribution in [0.5, 0.6) is 0 Å². The number of halogens is 5. The van der Waals surface area contributed by atoms with Crippen molar-refractivity contribution in [3.05, 3.63) is 83.5 Å². The molecule has 2 N–H and O–H groups in total. The molecule has 4 rings (SSSR count). The number of carboxylic acids is 1. The highest BCUT2D eigenvalue weighted by molar-refractivity contribution is 6.14. The van der Waals surface area contributed by atoms with Gasteiger partial charge in [-0.05, 0) is 42.5 Å². The molecule has 0 saturated carbocycles. The van der Waals surface area contributed by atoms with Crippen molar-refractivity contribution in [3.63, 3.8) is 0 Å². The third kappa shape index (κ3) is 4.42. The maximum Gasteiger partial charge on any atom is 0.490 e.